The van der Waals surface area contributed by atoms with Crippen LogP contribution >= 0.6 is 34.5 Å². The monoisotopic (exact) mass is 381 g/mol. The Bertz CT molecular complexity index is 736. The topological polar surface area (TPSA) is 46.1 Å². The van der Waals surface area contributed by atoms with Gasteiger partial charge in [0.1, 0.15) is 4.33 Å². The molecule has 0 saturated heterocycles. The molecular weight excluding hydrogens is 374 g/mol. The van der Waals surface area contributed by atoms with Crippen LogP contribution in [0.4, 0.5) is 24.0 Å². The molecule has 1 amide bonds. The van der Waals surface area contributed by atoms with Crippen LogP contribution in [0.15, 0.2) is 30.3 Å². The van der Waals surface area contributed by atoms with Crippen molar-refractivity contribution >= 4 is 51.3 Å². The predicted octanol–water partition coefficient (Wildman–Crippen LogP) is 4.42. The van der Waals surface area contributed by atoms with Gasteiger partial charge in [-0.15, -0.1) is 33.4 Å². The molecule has 1 aliphatic carbocycles. The summed E-state index contributed by atoms with van der Waals surface area (Å²) < 4.78 is 37.0. The number of carbonyl (C=O) groups is 1. The van der Waals surface area contributed by atoms with Crippen molar-refractivity contribution in [3.8, 4) is 0 Å². The minimum absolute atomic E-state index is 0.176. The van der Waals surface area contributed by atoms with Gasteiger partial charge >= 0.3 is 6.18 Å². The van der Waals surface area contributed by atoms with Gasteiger partial charge in [-0.1, -0.05) is 29.5 Å². The molecular formula is C13H8Cl2F3N3OS. The number of carbonyl (C=O) groups excluding carboxylic acids is 1. The summed E-state index contributed by atoms with van der Waals surface area (Å²) in [5.41, 5.74) is 0.374. The smallest absolute Gasteiger partial charge is 0.274 e. The molecule has 2 aromatic rings. The molecule has 0 radical (unpaired) electrons. The molecule has 10 heteroatoms. The largest absolute Gasteiger partial charge is 0.445 e. The van der Waals surface area contributed by atoms with Crippen LogP contribution in [0.3, 0.4) is 0 Å². The van der Waals surface area contributed by atoms with Crippen molar-refractivity contribution in [2.24, 2.45) is 5.92 Å². The maximum atomic E-state index is 12.7. The van der Waals surface area contributed by atoms with Crippen molar-refractivity contribution in [1.29, 1.82) is 0 Å². The number of amides is 1. The zero-order valence-corrected chi connectivity index (χ0v) is 13.5. The van der Waals surface area contributed by atoms with Crippen molar-refractivity contribution in [1.82, 2.24) is 10.2 Å². The number of nitrogens with zero attached hydrogens (tertiary/aromatic N) is 3. The van der Waals surface area contributed by atoms with Crippen molar-refractivity contribution in [3.05, 3.63) is 35.3 Å². The van der Waals surface area contributed by atoms with E-state index in [2.05, 4.69) is 10.2 Å². The summed E-state index contributed by atoms with van der Waals surface area (Å²) in [6.07, 6.45) is -4.38. The van der Waals surface area contributed by atoms with Crippen LogP contribution in [0.5, 0.6) is 0 Å². The Hall–Kier alpha value is -1.38. The molecule has 1 heterocycles. The molecule has 1 saturated carbocycles. The summed E-state index contributed by atoms with van der Waals surface area (Å²) in [5.74, 6) is -1.20. The second kappa shape index (κ2) is 5.61. The summed E-state index contributed by atoms with van der Waals surface area (Å²) in [4.78, 5) is 13.7. The first-order valence-electron chi connectivity index (χ1n) is 6.38. The van der Waals surface area contributed by atoms with E-state index in [0.717, 1.165) is 4.90 Å². The number of halogens is 5. The summed E-state index contributed by atoms with van der Waals surface area (Å²) >= 11 is 12.1. The lowest BCUT2D eigenvalue weighted by atomic mass is 10.2. The molecule has 0 aliphatic heterocycles. The van der Waals surface area contributed by atoms with E-state index in [1.165, 1.54) is 0 Å². The molecule has 1 fully saturated rings. The molecule has 4 nitrogen and oxygen atoms in total. The van der Waals surface area contributed by atoms with E-state index in [4.69, 9.17) is 23.2 Å². The van der Waals surface area contributed by atoms with Gasteiger partial charge in [-0.2, -0.15) is 13.2 Å². The predicted molar refractivity (Wildman–Crippen MR) is 81.0 cm³/mol. The van der Waals surface area contributed by atoms with Crippen LogP contribution in [0.1, 0.15) is 11.4 Å². The molecule has 3 rings (SSSR count). The summed E-state index contributed by atoms with van der Waals surface area (Å²) in [7, 11) is 0. The third-order valence-corrected chi connectivity index (χ3v) is 5.00. The SMILES string of the molecule is O=C(C1CC1(Cl)Cl)N(c1ccccc1)c1nnc(C(F)(F)F)s1. The van der Waals surface area contributed by atoms with Crippen LogP contribution in [-0.2, 0) is 11.0 Å². The zero-order chi connectivity index (χ0) is 16.8. The third-order valence-electron chi connectivity index (χ3n) is 3.21. The molecule has 1 atom stereocenters. The maximum Gasteiger partial charge on any atom is 0.445 e. The average molecular weight is 382 g/mol. The highest BCUT2D eigenvalue weighted by Crippen LogP contribution is 2.55. The van der Waals surface area contributed by atoms with Crippen molar-refractivity contribution in [2.75, 3.05) is 4.90 Å². The summed E-state index contributed by atoms with van der Waals surface area (Å²) in [5, 5.41) is 5.32. The Morgan fingerprint density at radius 3 is 2.35 bits per heavy atom. The lowest BCUT2D eigenvalue weighted by Crippen LogP contribution is -2.29. The number of anilines is 2. The average Bonchev–Trinajstić information content (AvgIpc) is 2.88. The molecule has 122 valence electrons. The standard InChI is InChI=1S/C13H8Cl2F3N3OS/c14-12(15)6-8(12)9(22)21(7-4-2-1-3-5-7)11-20-19-10(23-11)13(16,17)18/h1-5,8H,6H2. The molecule has 1 aromatic heterocycles. The van der Waals surface area contributed by atoms with Gasteiger partial charge in [-0.05, 0) is 18.6 Å². The van der Waals surface area contributed by atoms with Crippen molar-refractivity contribution in [2.45, 2.75) is 16.9 Å². The van der Waals surface area contributed by atoms with Crippen LogP contribution in [0.25, 0.3) is 0 Å². The molecule has 23 heavy (non-hydrogen) atoms. The molecule has 1 aromatic carbocycles. The highest BCUT2D eigenvalue weighted by Gasteiger charge is 2.58. The number of aromatic nitrogens is 2. The van der Waals surface area contributed by atoms with E-state index in [0.29, 0.717) is 5.69 Å². The number of para-hydroxylation sites is 1. The maximum absolute atomic E-state index is 12.7. The highest BCUT2D eigenvalue weighted by atomic mass is 35.5. The van der Waals surface area contributed by atoms with E-state index in [1.54, 1.807) is 30.3 Å². The van der Waals surface area contributed by atoms with E-state index in [-0.39, 0.29) is 22.9 Å². The van der Waals surface area contributed by atoms with E-state index < -0.39 is 27.3 Å². The third kappa shape index (κ3) is 3.29. The molecule has 1 unspecified atom stereocenters. The van der Waals surface area contributed by atoms with E-state index in [1.807, 2.05) is 0 Å². The highest BCUT2D eigenvalue weighted by molar-refractivity contribution is 7.15. The van der Waals surface area contributed by atoms with Crippen molar-refractivity contribution < 1.29 is 18.0 Å². The quantitative estimate of drug-likeness (QED) is 0.739. The first-order valence-corrected chi connectivity index (χ1v) is 7.95. The normalized spacial score (nSPS) is 19.4. The van der Waals surface area contributed by atoms with Gasteiger partial charge in [0.2, 0.25) is 16.0 Å². The van der Waals surface area contributed by atoms with E-state index >= 15 is 0 Å². The fraction of sp³-hybridized carbons (Fsp3) is 0.308. The van der Waals surface area contributed by atoms with Crippen molar-refractivity contribution in [3.63, 3.8) is 0 Å². The second-order valence-corrected chi connectivity index (χ2v) is 7.41. The van der Waals surface area contributed by atoms with Gasteiger partial charge in [-0.25, -0.2) is 0 Å². The zero-order valence-electron chi connectivity index (χ0n) is 11.2. The Morgan fingerprint density at radius 2 is 1.87 bits per heavy atom. The Kier molecular flexibility index (Phi) is 4.02. The van der Waals surface area contributed by atoms with Gasteiger partial charge in [0, 0.05) is 0 Å². The molecule has 0 bridgehead atoms. The molecule has 0 spiro atoms. The molecule has 0 N–H and O–H groups in total. The lowest BCUT2D eigenvalue weighted by Gasteiger charge is -2.19. The summed E-state index contributed by atoms with van der Waals surface area (Å²) in [6, 6.07) is 8.20. The van der Waals surface area contributed by atoms with Crippen LogP contribution in [0.2, 0.25) is 0 Å². The summed E-state index contributed by atoms with van der Waals surface area (Å²) in [6.45, 7) is 0. The first-order chi connectivity index (χ1) is 10.7. The number of benzene rings is 1. The van der Waals surface area contributed by atoms with Gasteiger partial charge in [0.25, 0.3) is 0 Å². The number of hydrogen-bond donors (Lipinski definition) is 0. The van der Waals surface area contributed by atoms with Gasteiger partial charge in [0.15, 0.2) is 0 Å². The number of alkyl halides is 5. The van der Waals surface area contributed by atoms with Crippen LogP contribution < -0.4 is 4.90 Å². The van der Waals surface area contributed by atoms with Crippen LogP contribution in [-0.4, -0.2) is 20.4 Å². The van der Waals surface area contributed by atoms with Gasteiger partial charge in [0.05, 0.1) is 11.6 Å². The first kappa shape index (κ1) is 16.5. The number of rotatable bonds is 3. The van der Waals surface area contributed by atoms with Gasteiger partial charge in [-0.3, -0.25) is 9.69 Å². The molecule has 1 aliphatic rings. The number of hydrogen-bond acceptors (Lipinski definition) is 4. The fourth-order valence-corrected chi connectivity index (χ4v) is 3.20. The van der Waals surface area contributed by atoms with E-state index in [9.17, 15) is 18.0 Å². The Labute approximate surface area is 142 Å². The van der Waals surface area contributed by atoms with Crippen LogP contribution in [0, 0.1) is 5.92 Å². The Morgan fingerprint density at radius 1 is 1.26 bits per heavy atom. The lowest BCUT2D eigenvalue weighted by molar-refractivity contribution is -0.138. The fourth-order valence-electron chi connectivity index (χ4n) is 1.97. The minimum atomic E-state index is -4.62. The second-order valence-electron chi connectivity index (χ2n) is 4.91. The van der Waals surface area contributed by atoms with Gasteiger partial charge < -0.3 is 0 Å². The minimum Gasteiger partial charge on any atom is -0.274 e. The Balaban J connectivity index is 1.99.